The molecular weight excluding hydrogens is 592 g/mol. The van der Waals surface area contributed by atoms with Crippen molar-refractivity contribution in [2.24, 2.45) is 5.92 Å². The van der Waals surface area contributed by atoms with Crippen molar-refractivity contribution in [2.75, 3.05) is 4.90 Å². The second-order valence-corrected chi connectivity index (χ2v) is 12.7. The summed E-state index contributed by atoms with van der Waals surface area (Å²) in [6.07, 6.45) is 6.06. The van der Waals surface area contributed by atoms with Crippen LogP contribution in [0.4, 0.5) is 5.69 Å². The molecule has 4 aromatic carbocycles. The maximum atomic E-state index is 13.7. The Morgan fingerprint density at radius 3 is 2.26 bits per heavy atom. The lowest BCUT2D eigenvalue weighted by molar-refractivity contribution is -0.127. The largest absolute Gasteiger partial charge is 0.457 e. The quantitative estimate of drug-likeness (QED) is 0.168. The van der Waals surface area contributed by atoms with E-state index in [4.69, 9.17) is 14.2 Å². The molecule has 4 aromatic rings. The van der Waals surface area contributed by atoms with E-state index in [1.165, 1.54) is 25.7 Å². The lowest BCUT2D eigenvalue weighted by Gasteiger charge is -2.32. The first-order chi connectivity index (χ1) is 22.7. The average molecular weight is 633 g/mol. The fourth-order valence-corrected chi connectivity index (χ4v) is 6.11. The number of esters is 1. The molecule has 8 nitrogen and oxygen atoms in total. The van der Waals surface area contributed by atoms with E-state index in [-0.39, 0.29) is 11.8 Å². The fourth-order valence-electron chi connectivity index (χ4n) is 6.11. The molecular formula is C39H40N2O6. The number of carbonyl (C=O) groups excluding carboxylic acids is 3. The molecule has 6 rings (SSSR count). The Bertz CT molecular complexity index is 1710. The summed E-state index contributed by atoms with van der Waals surface area (Å²) in [7, 11) is 0. The van der Waals surface area contributed by atoms with Crippen LogP contribution >= 0.6 is 0 Å². The second kappa shape index (κ2) is 14.1. The first-order valence-electron chi connectivity index (χ1n) is 16.3. The van der Waals surface area contributed by atoms with Gasteiger partial charge in [-0.25, -0.2) is 4.79 Å². The topological polar surface area (TPSA) is 94.2 Å². The van der Waals surface area contributed by atoms with Gasteiger partial charge in [0.15, 0.2) is 0 Å². The van der Waals surface area contributed by atoms with Gasteiger partial charge in [0, 0.05) is 38.1 Å². The summed E-state index contributed by atoms with van der Waals surface area (Å²) in [6.45, 7) is 4.04. The van der Waals surface area contributed by atoms with Crippen molar-refractivity contribution in [1.82, 2.24) is 5.32 Å². The Hall–Kier alpha value is -5.11. The van der Waals surface area contributed by atoms with E-state index in [1.54, 1.807) is 43.0 Å². The monoisotopic (exact) mass is 632 g/mol. The molecule has 2 aliphatic rings. The summed E-state index contributed by atoms with van der Waals surface area (Å²) in [5.74, 6) is 0.751. The molecule has 1 aliphatic heterocycles. The molecule has 2 amide bonds. The van der Waals surface area contributed by atoms with Gasteiger partial charge >= 0.3 is 5.97 Å². The van der Waals surface area contributed by atoms with Gasteiger partial charge in [-0.3, -0.25) is 9.59 Å². The van der Waals surface area contributed by atoms with E-state index in [0.29, 0.717) is 48.0 Å². The average Bonchev–Trinajstić information content (AvgIpc) is 3.60. The zero-order chi connectivity index (χ0) is 32.8. The predicted octanol–water partition coefficient (Wildman–Crippen LogP) is 8.20. The van der Waals surface area contributed by atoms with E-state index < -0.39 is 11.8 Å². The normalized spacial score (nSPS) is 15.2. The van der Waals surface area contributed by atoms with Crippen LogP contribution in [0.1, 0.15) is 84.2 Å². The van der Waals surface area contributed by atoms with Crippen LogP contribution < -0.4 is 19.7 Å². The van der Waals surface area contributed by atoms with Gasteiger partial charge in [0.1, 0.15) is 22.8 Å². The van der Waals surface area contributed by atoms with E-state index >= 15 is 0 Å². The molecule has 1 aliphatic carbocycles. The molecule has 0 radical (unpaired) electrons. The van der Waals surface area contributed by atoms with Crippen molar-refractivity contribution >= 4 is 23.5 Å². The lowest BCUT2D eigenvalue weighted by Crippen LogP contribution is -2.39. The van der Waals surface area contributed by atoms with Gasteiger partial charge in [0.2, 0.25) is 11.7 Å². The van der Waals surface area contributed by atoms with Crippen LogP contribution in [0, 0.1) is 5.92 Å². The molecule has 8 heteroatoms. The van der Waals surface area contributed by atoms with Gasteiger partial charge in [0.25, 0.3) is 5.91 Å². The number of hydrogen-bond acceptors (Lipinski definition) is 6. The minimum atomic E-state index is -1.06. The maximum absolute atomic E-state index is 13.7. The van der Waals surface area contributed by atoms with Crippen molar-refractivity contribution in [3.05, 3.63) is 119 Å². The third kappa shape index (κ3) is 8.19. The van der Waals surface area contributed by atoms with Crippen LogP contribution in [0.15, 0.2) is 97.1 Å². The summed E-state index contributed by atoms with van der Waals surface area (Å²) in [6, 6.07) is 29.6. The number of nitrogens with one attached hydrogen (secondary N) is 1. The Morgan fingerprint density at radius 1 is 0.851 bits per heavy atom. The fraction of sp³-hybridized carbons (Fsp3) is 0.308. The van der Waals surface area contributed by atoms with Gasteiger partial charge in [-0.1, -0.05) is 68.1 Å². The Balaban J connectivity index is 1.11. The van der Waals surface area contributed by atoms with Crippen LogP contribution in [-0.4, -0.2) is 23.6 Å². The van der Waals surface area contributed by atoms with Crippen molar-refractivity contribution in [3.63, 3.8) is 0 Å². The number of cyclic esters (lactones) is 1. The van der Waals surface area contributed by atoms with E-state index in [9.17, 15) is 14.4 Å². The SMILES string of the molecule is CC1(C)OC(=O)c2cc(N(Cc3ccc(C(=O)NCc4ccc(Oc5ccccc5)cc4)cc3)C(=O)CCC3CCCC3)ccc2O1. The molecule has 0 aromatic heterocycles. The maximum Gasteiger partial charge on any atom is 0.345 e. The van der Waals surface area contributed by atoms with Crippen molar-refractivity contribution in [3.8, 4) is 17.2 Å². The zero-order valence-electron chi connectivity index (χ0n) is 26.9. The molecule has 0 bridgehead atoms. The van der Waals surface area contributed by atoms with Gasteiger partial charge in [-0.2, -0.15) is 0 Å². The van der Waals surface area contributed by atoms with Crippen LogP contribution in [0.5, 0.6) is 17.2 Å². The molecule has 1 heterocycles. The second-order valence-electron chi connectivity index (χ2n) is 12.7. The molecule has 0 spiro atoms. The number of hydrogen-bond donors (Lipinski definition) is 1. The number of carbonyl (C=O) groups is 3. The highest BCUT2D eigenvalue weighted by atomic mass is 16.7. The molecule has 1 saturated carbocycles. The van der Waals surface area contributed by atoms with Gasteiger partial charge in [-0.05, 0) is 78.1 Å². The molecule has 1 fully saturated rings. The minimum absolute atomic E-state index is 0.00992. The molecule has 47 heavy (non-hydrogen) atoms. The van der Waals surface area contributed by atoms with Crippen molar-refractivity contribution in [2.45, 2.75) is 71.2 Å². The van der Waals surface area contributed by atoms with Crippen LogP contribution in [-0.2, 0) is 22.6 Å². The number of benzene rings is 4. The lowest BCUT2D eigenvalue weighted by atomic mass is 10.0. The van der Waals surface area contributed by atoms with Gasteiger partial charge in [0.05, 0.1) is 6.54 Å². The number of amides is 2. The predicted molar refractivity (Wildman–Crippen MR) is 180 cm³/mol. The third-order valence-electron chi connectivity index (χ3n) is 8.64. The number of fused-ring (bicyclic) bond motifs is 1. The highest BCUT2D eigenvalue weighted by Crippen LogP contribution is 2.35. The molecule has 0 atom stereocenters. The number of para-hydroxylation sites is 1. The Labute approximate surface area is 275 Å². The van der Waals surface area contributed by atoms with Crippen molar-refractivity contribution < 1.29 is 28.6 Å². The highest BCUT2D eigenvalue weighted by Gasteiger charge is 2.34. The molecule has 242 valence electrons. The van der Waals surface area contributed by atoms with Gasteiger partial charge < -0.3 is 24.4 Å². The van der Waals surface area contributed by atoms with E-state index in [2.05, 4.69) is 5.32 Å². The van der Waals surface area contributed by atoms with E-state index in [0.717, 1.165) is 29.0 Å². The van der Waals surface area contributed by atoms with Crippen LogP contribution in [0.25, 0.3) is 0 Å². The first-order valence-corrected chi connectivity index (χ1v) is 16.3. The Kier molecular flexibility index (Phi) is 9.57. The summed E-state index contributed by atoms with van der Waals surface area (Å²) >= 11 is 0. The smallest absolute Gasteiger partial charge is 0.345 e. The Morgan fingerprint density at radius 2 is 1.53 bits per heavy atom. The van der Waals surface area contributed by atoms with E-state index in [1.807, 2.05) is 72.8 Å². The number of nitrogens with zero attached hydrogens (tertiary/aromatic N) is 1. The third-order valence-corrected chi connectivity index (χ3v) is 8.64. The molecule has 0 unspecified atom stereocenters. The summed E-state index contributed by atoms with van der Waals surface area (Å²) in [5, 5.41) is 2.97. The number of anilines is 1. The number of ether oxygens (including phenoxy) is 3. The first kappa shape index (κ1) is 31.9. The van der Waals surface area contributed by atoms with Crippen LogP contribution in [0.3, 0.4) is 0 Å². The number of rotatable bonds is 11. The van der Waals surface area contributed by atoms with Crippen molar-refractivity contribution in [1.29, 1.82) is 0 Å². The molecule has 1 N–H and O–H groups in total. The summed E-state index contributed by atoms with van der Waals surface area (Å²) in [5.41, 5.74) is 3.23. The zero-order valence-corrected chi connectivity index (χ0v) is 26.9. The van der Waals surface area contributed by atoms with Gasteiger partial charge in [-0.15, -0.1) is 0 Å². The summed E-state index contributed by atoms with van der Waals surface area (Å²) < 4.78 is 17.1. The highest BCUT2D eigenvalue weighted by molar-refractivity contribution is 5.98. The standard InChI is InChI=1S/C39H40N2O6/c1-39(2)46-35-22-19-31(24-34(35)38(44)47-39)41(36(42)23-16-27-8-6-7-9-27)26-29-12-17-30(18-13-29)37(43)40-25-28-14-20-33(21-15-28)45-32-10-4-3-5-11-32/h3-5,10-15,17-22,24,27H,6-9,16,23,25-26H2,1-2H3,(H,40,43). The summed E-state index contributed by atoms with van der Waals surface area (Å²) in [4.78, 5) is 41.1. The minimum Gasteiger partial charge on any atom is -0.457 e. The van der Waals surface area contributed by atoms with Crippen LogP contribution in [0.2, 0.25) is 0 Å². The molecule has 0 saturated heterocycles.